The molecular weight excluding hydrogens is 350 g/mol. The van der Waals surface area contributed by atoms with Gasteiger partial charge in [-0.25, -0.2) is 0 Å². The summed E-state index contributed by atoms with van der Waals surface area (Å²) in [6.07, 6.45) is 2.53. The maximum absolute atomic E-state index is 12.6. The number of carbonyl (C=O) groups is 2. The standard InChI is InChI=1S/C20H23N3O2.ClH/c21-11-17(14-8-9-14)22-20(25)15-10-19(24)23(12-15)18-7-3-5-13-4-1-2-6-16(13)18;/h1-7,14-15,17H,8-12,21H2,(H,22,25);1H. The second kappa shape index (κ2) is 7.64. The number of nitrogens with one attached hydrogen (secondary N) is 1. The van der Waals surface area contributed by atoms with Crippen molar-refractivity contribution in [1.29, 1.82) is 0 Å². The fourth-order valence-corrected chi connectivity index (χ4v) is 3.73. The zero-order valence-corrected chi connectivity index (χ0v) is 15.4. The third-order valence-corrected chi connectivity index (χ3v) is 5.33. The molecule has 6 heteroatoms. The molecule has 0 spiro atoms. The Bertz CT molecular complexity index is 816. The van der Waals surface area contributed by atoms with E-state index in [-0.39, 0.29) is 42.6 Å². The Balaban J connectivity index is 0.00000196. The van der Waals surface area contributed by atoms with E-state index < -0.39 is 0 Å². The zero-order chi connectivity index (χ0) is 17.4. The molecule has 3 N–H and O–H groups in total. The summed E-state index contributed by atoms with van der Waals surface area (Å²) in [5.74, 6) is 0.171. The molecule has 5 nitrogen and oxygen atoms in total. The molecule has 138 valence electrons. The predicted octanol–water partition coefficient (Wildman–Crippen LogP) is 2.47. The monoisotopic (exact) mass is 373 g/mol. The van der Waals surface area contributed by atoms with Crippen LogP contribution < -0.4 is 16.0 Å². The van der Waals surface area contributed by atoms with Crippen LogP contribution in [-0.2, 0) is 9.59 Å². The number of anilines is 1. The van der Waals surface area contributed by atoms with Gasteiger partial charge in [0.25, 0.3) is 0 Å². The van der Waals surface area contributed by atoms with E-state index >= 15 is 0 Å². The van der Waals surface area contributed by atoms with Crippen LogP contribution in [0.5, 0.6) is 0 Å². The first-order valence-electron chi connectivity index (χ1n) is 8.96. The maximum atomic E-state index is 12.6. The number of halogens is 1. The molecule has 2 aliphatic rings. The average molecular weight is 374 g/mol. The van der Waals surface area contributed by atoms with Gasteiger partial charge in [-0.2, -0.15) is 0 Å². The van der Waals surface area contributed by atoms with Gasteiger partial charge in [0.15, 0.2) is 0 Å². The first-order valence-corrected chi connectivity index (χ1v) is 8.96. The van der Waals surface area contributed by atoms with Crippen molar-refractivity contribution in [3.63, 3.8) is 0 Å². The van der Waals surface area contributed by atoms with Gasteiger partial charge in [0, 0.05) is 30.9 Å². The van der Waals surface area contributed by atoms with E-state index in [2.05, 4.69) is 5.32 Å². The van der Waals surface area contributed by atoms with Crippen molar-refractivity contribution in [3.05, 3.63) is 42.5 Å². The molecule has 2 fully saturated rings. The minimum atomic E-state index is -0.306. The van der Waals surface area contributed by atoms with Gasteiger partial charge in [0.2, 0.25) is 11.8 Å². The van der Waals surface area contributed by atoms with E-state index in [1.54, 1.807) is 4.90 Å². The molecule has 26 heavy (non-hydrogen) atoms. The van der Waals surface area contributed by atoms with Crippen LogP contribution in [0.25, 0.3) is 10.8 Å². The SMILES string of the molecule is Cl.NCC(NC(=O)C1CC(=O)N(c2cccc3ccccc23)C1)C1CC1. The predicted molar refractivity (Wildman–Crippen MR) is 105 cm³/mol. The average Bonchev–Trinajstić information content (AvgIpc) is 3.41. The van der Waals surface area contributed by atoms with Gasteiger partial charge in [-0.05, 0) is 30.2 Å². The van der Waals surface area contributed by atoms with Crippen LogP contribution in [0.4, 0.5) is 5.69 Å². The quantitative estimate of drug-likeness (QED) is 0.845. The molecule has 0 aromatic heterocycles. The molecule has 4 rings (SSSR count). The number of fused-ring (bicyclic) bond motifs is 1. The Labute approximate surface area is 159 Å². The fraction of sp³-hybridized carbons (Fsp3) is 0.400. The number of amides is 2. The lowest BCUT2D eigenvalue weighted by Crippen LogP contribution is -2.45. The lowest BCUT2D eigenvalue weighted by atomic mass is 10.1. The molecular formula is C20H24ClN3O2. The molecule has 2 aromatic carbocycles. The Morgan fingerprint density at radius 2 is 1.92 bits per heavy atom. The summed E-state index contributed by atoms with van der Waals surface area (Å²) >= 11 is 0. The lowest BCUT2D eigenvalue weighted by molar-refractivity contribution is -0.127. The van der Waals surface area contributed by atoms with Crippen molar-refractivity contribution >= 4 is 40.7 Å². The molecule has 1 saturated carbocycles. The molecule has 2 unspecified atom stereocenters. The number of rotatable bonds is 5. The molecule has 2 amide bonds. The summed E-state index contributed by atoms with van der Waals surface area (Å²) < 4.78 is 0. The van der Waals surface area contributed by atoms with Crippen LogP contribution in [0.1, 0.15) is 19.3 Å². The Morgan fingerprint density at radius 1 is 1.19 bits per heavy atom. The molecule has 0 radical (unpaired) electrons. The molecule has 1 heterocycles. The van der Waals surface area contributed by atoms with Crippen molar-refractivity contribution in [2.24, 2.45) is 17.6 Å². The Hall–Kier alpha value is -2.11. The van der Waals surface area contributed by atoms with Crippen molar-refractivity contribution in [3.8, 4) is 0 Å². The third-order valence-electron chi connectivity index (χ3n) is 5.33. The maximum Gasteiger partial charge on any atom is 0.227 e. The molecule has 1 aliphatic heterocycles. The van der Waals surface area contributed by atoms with Crippen molar-refractivity contribution in [2.45, 2.75) is 25.3 Å². The first-order chi connectivity index (χ1) is 12.2. The van der Waals surface area contributed by atoms with Gasteiger partial charge in [-0.3, -0.25) is 9.59 Å². The van der Waals surface area contributed by atoms with Crippen LogP contribution in [-0.4, -0.2) is 30.9 Å². The number of nitrogens with two attached hydrogens (primary N) is 1. The highest BCUT2D eigenvalue weighted by molar-refractivity contribution is 6.07. The van der Waals surface area contributed by atoms with E-state index in [0.717, 1.165) is 29.3 Å². The number of benzene rings is 2. The van der Waals surface area contributed by atoms with Crippen LogP contribution in [0.3, 0.4) is 0 Å². The summed E-state index contributed by atoms with van der Waals surface area (Å²) in [7, 11) is 0. The van der Waals surface area contributed by atoms with E-state index in [1.165, 1.54) is 0 Å². The molecule has 2 atom stereocenters. The summed E-state index contributed by atoms with van der Waals surface area (Å²) in [6.45, 7) is 0.894. The first kappa shape index (κ1) is 18.7. The Morgan fingerprint density at radius 3 is 2.65 bits per heavy atom. The van der Waals surface area contributed by atoms with Crippen LogP contribution >= 0.6 is 12.4 Å². The van der Waals surface area contributed by atoms with Crippen LogP contribution in [0.2, 0.25) is 0 Å². The number of hydrogen-bond donors (Lipinski definition) is 2. The zero-order valence-electron chi connectivity index (χ0n) is 14.6. The van der Waals surface area contributed by atoms with Gasteiger partial charge < -0.3 is 16.0 Å². The highest BCUT2D eigenvalue weighted by atomic mass is 35.5. The number of carbonyl (C=O) groups excluding carboxylic acids is 2. The highest BCUT2D eigenvalue weighted by Gasteiger charge is 2.38. The van der Waals surface area contributed by atoms with Gasteiger partial charge in [-0.15, -0.1) is 12.4 Å². The lowest BCUT2D eigenvalue weighted by Gasteiger charge is -2.20. The normalized spacial score (nSPS) is 20.7. The molecule has 1 saturated heterocycles. The molecule has 1 aliphatic carbocycles. The summed E-state index contributed by atoms with van der Waals surface area (Å²) in [5.41, 5.74) is 6.66. The number of nitrogens with zero attached hydrogens (tertiary/aromatic N) is 1. The van der Waals surface area contributed by atoms with Gasteiger partial charge in [0.05, 0.1) is 11.6 Å². The van der Waals surface area contributed by atoms with Crippen molar-refractivity contribution < 1.29 is 9.59 Å². The van der Waals surface area contributed by atoms with E-state index in [0.29, 0.717) is 19.0 Å². The topological polar surface area (TPSA) is 75.4 Å². The van der Waals surface area contributed by atoms with E-state index in [1.807, 2.05) is 42.5 Å². The van der Waals surface area contributed by atoms with Crippen molar-refractivity contribution in [1.82, 2.24) is 5.32 Å². The van der Waals surface area contributed by atoms with Gasteiger partial charge in [0.1, 0.15) is 0 Å². The van der Waals surface area contributed by atoms with Crippen LogP contribution in [0.15, 0.2) is 42.5 Å². The number of hydrogen-bond acceptors (Lipinski definition) is 3. The largest absolute Gasteiger partial charge is 0.352 e. The highest BCUT2D eigenvalue weighted by Crippen LogP contribution is 2.34. The summed E-state index contributed by atoms with van der Waals surface area (Å²) in [4.78, 5) is 26.9. The van der Waals surface area contributed by atoms with E-state index in [9.17, 15) is 9.59 Å². The fourth-order valence-electron chi connectivity index (χ4n) is 3.73. The van der Waals surface area contributed by atoms with Crippen molar-refractivity contribution in [2.75, 3.05) is 18.0 Å². The van der Waals surface area contributed by atoms with Gasteiger partial charge in [-0.1, -0.05) is 36.4 Å². The molecule has 0 bridgehead atoms. The smallest absolute Gasteiger partial charge is 0.227 e. The molecule has 2 aromatic rings. The second-order valence-electron chi connectivity index (χ2n) is 7.09. The minimum absolute atomic E-state index is 0. The van der Waals surface area contributed by atoms with Crippen LogP contribution in [0, 0.1) is 11.8 Å². The minimum Gasteiger partial charge on any atom is -0.352 e. The second-order valence-corrected chi connectivity index (χ2v) is 7.09. The van der Waals surface area contributed by atoms with E-state index in [4.69, 9.17) is 5.73 Å². The summed E-state index contributed by atoms with van der Waals surface area (Å²) in [5, 5.41) is 5.19. The van der Waals surface area contributed by atoms with Gasteiger partial charge >= 0.3 is 0 Å². The Kier molecular flexibility index (Phi) is 5.49. The third kappa shape index (κ3) is 3.55. The summed E-state index contributed by atoms with van der Waals surface area (Å²) in [6, 6.07) is 14.0.